The summed E-state index contributed by atoms with van der Waals surface area (Å²) in [5, 5.41) is 15.5. The number of hydrogen-bond acceptors (Lipinski definition) is 5. The van der Waals surface area contributed by atoms with Gasteiger partial charge in [0.2, 0.25) is 0 Å². The predicted octanol–water partition coefficient (Wildman–Crippen LogP) is 5.85. The molecule has 1 heterocycles. The number of nitrogens with one attached hydrogen (secondary N) is 1. The number of nitrogens with zero attached hydrogens (tertiary/aromatic N) is 1. The fourth-order valence-electron chi connectivity index (χ4n) is 4.26. The quantitative estimate of drug-likeness (QED) is 0.348. The zero-order chi connectivity index (χ0) is 20.0. The van der Waals surface area contributed by atoms with Crippen molar-refractivity contribution in [1.29, 1.82) is 0 Å². The Morgan fingerprint density at radius 3 is 2.75 bits per heavy atom. The van der Waals surface area contributed by atoms with Gasteiger partial charge in [0.1, 0.15) is 0 Å². The van der Waals surface area contributed by atoms with E-state index < -0.39 is 0 Å². The summed E-state index contributed by atoms with van der Waals surface area (Å²) in [5.41, 5.74) is 2.38. The van der Waals surface area contributed by atoms with E-state index in [1.807, 2.05) is 12.1 Å². The third kappa shape index (κ3) is 2.93. The van der Waals surface area contributed by atoms with E-state index in [2.05, 4.69) is 33.4 Å². The van der Waals surface area contributed by atoms with Crippen LogP contribution in [0.4, 0.5) is 11.4 Å². The molecular formula is C20H18BrClN2O4. The van der Waals surface area contributed by atoms with E-state index in [1.165, 1.54) is 6.07 Å². The lowest BCUT2D eigenvalue weighted by Gasteiger charge is -2.37. The molecule has 6 nitrogen and oxygen atoms in total. The van der Waals surface area contributed by atoms with Crippen LogP contribution in [-0.4, -0.2) is 19.1 Å². The minimum absolute atomic E-state index is 0.0766. The molecule has 3 atom stereocenters. The SMILES string of the molecule is COc1cc([C@@H]2Nc3c(Cl)ccc([N+](=O)[O-])c3[C@@H]3C=CC[C@H]32)cc(Br)c1OC. The lowest BCUT2D eigenvalue weighted by molar-refractivity contribution is -0.385. The molecule has 0 saturated carbocycles. The van der Waals surface area contributed by atoms with Gasteiger partial charge in [-0.15, -0.1) is 0 Å². The molecule has 28 heavy (non-hydrogen) atoms. The molecule has 0 radical (unpaired) electrons. The Morgan fingerprint density at radius 2 is 2.07 bits per heavy atom. The topological polar surface area (TPSA) is 73.6 Å². The Kier molecular flexibility index (Phi) is 4.97. The largest absolute Gasteiger partial charge is 0.493 e. The van der Waals surface area contributed by atoms with Crippen LogP contribution in [-0.2, 0) is 0 Å². The van der Waals surface area contributed by atoms with Crippen molar-refractivity contribution in [2.24, 2.45) is 5.92 Å². The summed E-state index contributed by atoms with van der Waals surface area (Å²) in [5.74, 6) is 1.30. The molecule has 2 aliphatic rings. The maximum Gasteiger partial charge on any atom is 0.275 e. The first kappa shape index (κ1) is 19.1. The molecule has 0 amide bonds. The van der Waals surface area contributed by atoms with Gasteiger partial charge in [-0.2, -0.15) is 0 Å². The summed E-state index contributed by atoms with van der Waals surface area (Å²) >= 11 is 9.99. The molecule has 1 aliphatic carbocycles. The van der Waals surface area contributed by atoms with Crippen molar-refractivity contribution < 1.29 is 14.4 Å². The second-order valence-corrected chi connectivity index (χ2v) is 8.09. The average molecular weight is 466 g/mol. The van der Waals surface area contributed by atoms with Crippen molar-refractivity contribution in [2.45, 2.75) is 18.4 Å². The molecule has 0 fully saturated rings. The van der Waals surface area contributed by atoms with Crippen molar-refractivity contribution in [1.82, 2.24) is 0 Å². The molecule has 0 spiro atoms. The van der Waals surface area contributed by atoms with Crippen molar-refractivity contribution in [3.8, 4) is 11.5 Å². The highest BCUT2D eigenvalue weighted by molar-refractivity contribution is 9.10. The Bertz CT molecular complexity index is 995. The van der Waals surface area contributed by atoms with Gasteiger partial charge in [0.05, 0.1) is 45.9 Å². The van der Waals surface area contributed by atoms with Crippen LogP contribution in [0.25, 0.3) is 0 Å². The smallest absolute Gasteiger partial charge is 0.275 e. The van der Waals surface area contributed by atoms with Crippen molar-refractivity contribution in [3.05, 3.63) is 67.2 Å². The van der Waals surface area contributed by atoms with Crippen LogP contribution in [0.15, 0.2) is 40.9 Å². The first-order chi connectivity index (χ1) is 13.5. The van der Waals surface area contributed by atoms with E-state index in [-0.39, 0.29) is 28.5 Å². The number of nitro benzene ring substituents is 1. The number of allylic oxidation sites excluding steroid dienone is 2. The van der Waals surface area contributed by atoms with Gasteiger partial charge >= 0.3 is 0 Å². The monoisotopic (exact) mass is 464 g/mol. The minimum Gasteiger partial charge on any atom is -0.493 e. The van der Waals surface area contributed by atoms with Gasteiger partial charge in [-0.05, 0) is 52.0 Å². The Hall–Kier alpha value is -2.25. The van der Waals surface area contributed by atoms with Crippen LogP contribution in [0.5, 0.6) is 11.5 Å². The Labute approximate surface area is 175 Å². The van der Waals surface area contributed by atoms with E-state index in [4.69, 9.17) is 21.1 Å². The summed E-state index contributed by atoms with van der Waals surface area (Å²) in [7, 11) is 3.19. The molecule has 0 saturated heterocycles. The lowest BCUT2D eigenvalue weighted by Crippen LogP contribution is -2.30. The second-order valence-electron chi connectivity index (χ2n) is 6.83. The van der Waals surface area contributed by atoms with Gasteiger partial charge in [-0.25, -0.2) is 0 Å². The summed E-state index contributed by atoms with van der Waals surface area (Å²) in [6.07, 6.45) is 4.95. The van der Waals surface area contributed by atoms with E-state index in [0.29, 0.717) is 27.8 Å². The van der Waals surface area contributed by atoms with Crippen LogP contribution in [0.1, 0.15) is 29.5 Å². The Balaban J connectivity index is 1.86. The minimum atomic E-state index is -0.340. The zero-order valence-electron chi connectivity index (χ0n) is 15.2. The first-order valence-corrected chi connectivity index (χ1v) is 9.94. The summed E-state index contributed by atoms with van der Waals surface area (Å²) < 4.78 is 11.7. The van der Waals surface area contributed by atoms with E-state index >= 15 is 0 Å². The molecule has 2 aromatic rings. The Morgan fingerprint density at radius 1 is 1.29 bits per heavy atom. The van der Waals surface area contributed by atoms with Crippen LogP contribution in [0, 0.1) is 16.0 Å². The number of nitro groups is 1. The molecule has 146 valence electrons. The van der Waals surface area contributed by atoms with Crippen molar-refractivity contribution in [3.63, 3.8) is 0 Å². The van der Waals surface area contributed by atoms with Crippen LogP contribution < -0.4 is 14.8 Å². The van der Waals surface area contributed by atoms with Gasteiger partial charge in [-0.1, -0.05) is 23.8 Å². The van der Waals surface area contributed by atoms with Crippen LogP contribution in [0.2, 0.25) is 5.02 Å². The third-order valence-corrected chi connectivity index (χ3v) is 6.36. The molecule has 2 aromatic carbocycles. The van der Waals surface area contributed by atoms with Crippen LogP contribution >= 0.6 is 27.5 Å². The highest BCUT2D eigenvalue weighted by Crippen LogP contribution is 2.55. The second kappa shape index (κ2) is 7.29. The van der Waals surface area contributed by atoms with Crippen molar-refractivity contribution in [2.75, 3.05) is 19.5 Å². The highest BCUT2D eigenvalue weighted by Gasteiger charge is 2.42. The molecule has 0 bridgehead atoms. The molecule has 0 aromatic heterocycles. The molecule has 1 N–H and O–H groups in total. The number of fused-ring (bicyclic) bond motifs is 3. The number of hydrogen-bond donors (Lipinski definition) is 1. The molecular weight excluding hydrogens is 448 g/mol. The van der Waals surface area contributed by atoms with Crippen LogP contribution in [0.3, 0.4) is 0 Å². The van der Waals surface area contributed by atoms with E-state index in [0.717, 1.165) is 16.5 Å². The molecule has 1 aliphatic heterocycles. The maximum atomic E-state index is 11.6. The molecule has 4 rings (SSSR count). The molecule has 8 heteroatoms. The predicted molar refractivity (Wildman–Crippen MR) is 112 cm³/mol. The average Bonchev–Trinajstić information content (AvgIpc) is 3.16. The van der Waals surface area contributed by atoms with Gasteiger partial charge in [0.25, 0.3) is 5.69 Å². The fraction of sp³-hybridized carbons (Fsp3) is 0.300. The zero-order valence-corrected chi connectivity index (χ0v) is 17.6. The lowest BCUT2D eigenvalue weighted by atomic mass is 9.76. The van der Waals surface area contributed by atoms with Gasteiger partial charge in [-0.3, -0.25) is 10.1 Å². The summed E-state index contributed by atoms with van der Waals surface area (Å²) in [4.78, 5) is 11.3. The number of halogens is 2. The number of anilines is 1. The van der Waals surface area contributed by atoms with E-state index in [1.54, 1.807) is 20.3 Å². The standard InChI is InChI=1S/C20H18BrClN2O4/c1-27-16-9-10(8-13(21)20(16)28-2)18-12-5-3-4-11(12)17-15(24(25)26)7-6-14(22)19(17)23-18/h3-4,6-9,11-12,18,23H,5H2,1-2H3/t11-,12-,18+/m1/s1. The number of rotatable bonds is 4. The maximum absolute atomic E-state index is 11.6. The van der Waals surface area contributed by atoms with E-state index in [9.17, 15) is 10.1 Å². The summed E-state index contributed by atoms with van der Waals surface area (Å²) in [6.45, 7) is 0. The number of ether oxygens (including phenoxy) is 2. The van der Waals surface area contributed by atoms with Gasteiger partial charge in [0.15, 0.2) is 11.5 Å². The summed E-state index contributed by atoms with van der Waals surface area (Å²) in [6, 6.07) is 6.91. The van der Waals surface area contributed by atoms with Gasteiger partial charge in [0, 0.05) is 12.0 Å². The highest BCUT2D eigenvalue weighted by atomic mass is 79.9. The van der Waals surface area contributed by atoms with Crippen molar-refractivity contribution >= 4 is 38.9 Å². The first-order valence-electron chi connectivity index (χ1n) is 8.77. The normalized spacial score (nSPS) is 22.2. The number of benzene rings is 2. The van der Waals surface area contributed by atoms with Gasteiger partial charge < -0.3 is 14.8 Å². The fourth-order valence-corrected chi connectivity index (χ4v) is 5.10. The third-order valence-electron chi connectivity index (χ3n) is 5.46. The number of methoxy groups -OCH3 is 2. The molecule has 0 unspecified atom stereocenters.